The van der Waals surface area contributed by atoms with Gasteiger partial charge in [0.05, 0.1) is 0 Å². The van der Waals surface area contributed by atoms with Crippen LogP contribution in [0, 0.1) is 26.7 Å². The first kappa shape index (κ1) is 34.8. The number of nitrogens with zero attached hydrogens (tertiary/aromatic N) is 1. The number of para-hydroxylation sites is 1. The van der Waals surface area contributed by atoms with E-state index in [9.17, 15) is 14.4 Å². The number of alkyl carbamates (subject to hydrolysis) is 1. The smallest absolute Gasteiger partial charge is 0.408 e. The summed E-state index contributed by atoms with van der Waals surface area (Å²) in [6, 6.07) is 11.9. The Hall–Kier alpha value is -3.35. The van der Waals surface area contributed by atoms with Gasteiger partial charge in [-0.25, -0.2) is 4.79 Å². The third-order valence-electron chi connectivity index (χ3n) is 7.29. The van der Waals surface area contributed by atoms with Gasteiger partial charge >= 0.3 is 6.09 Å². The molecule has 232 valence electrons. The summed E-state index contributed by atoms with van der Waals surface area (Å²) in [4.78, 5) is 43.1. The molecule has 7 nitrogen and oxygen atoms in total. The first-order valence-corrected chi connectivity index (χ1v) is 15.5. The van der Waals surface area contributed by atoms with Crippen molar-refractivity contribution in [1.82, 2.24) is 10.2 Å². The van der Waals surface area contributed by atoms with Crippen LogP contribution in [-0.2, 0) is 14.3 Å². The summed E-state index contributed by atoms with van der Waals surface area (Å²) in [5.41, 5.74) is 3.68. The Bertz CT molecular complexity index is 1160. The Morgan fingerprint density at radius 3 is 2.05 bits per heavy atom. The zero-order valence-electron chi connectivity index (χ0n) is 27.3. The van der Waals surface area contributed by atoms with Gasteiger partial charge in [-0.3, -0.25) is 9.59 Å². The SMILES string of the molecule is CCCCCCCCN(C(=O)C(NC(=O)OC(C)(C)C)C(C)C)C(C(=O)Nc1c(C)cccc1C)c1cccc(C)c1. The van der Waals surface area contributed by atoms with Gasteiger partial charge in [-0.1, -0.05) is 101 Å². The maximum Gasteiger partial charge on any atom is 0.408 e. The van der Waals surface area contributed by atoms with Crippen molar-refractivity contribution < 1.29 is 19.1 Å². The predicted molar refractivity (Wildman–Crippen MR) is 172 cm³/mol. The number of carbonyl (C=O) groups is 3. The van der Waals surface area contributed by atoms with Gasteiger partial charge in [-0.2, -0.15) is 0 Å². The summed E-state index contributed by atoms with van der Waals surface area (Å²) in [7, 11) is 0. The molecule has 3 amide bonds. The van der Waals surface area contributed by atoms with Gasteiger partial charge in [-0.15, -0.1) is 0 Å². The van der Waals surface area contributed by atoms with E-state index < -0.39 is 23.8 Å². The Morgan fingerprint density at radius 1 is 0.881 bits per heavy atom. The highest BCUT2D eigenvalue weighted by Gasteiger charge is 2.37. The first-order valence-electron chi connectivity index (χ1n) is 15.5. The molecule has 0 heterocycles. The van der Waals surface area contributed by atoms with Crippen LogP contribution in [-0.4, -0.2) is 41.0 Å². The van der Waals surface area contributed by atoms with Crippen LogP contribution in [0.3, 0.4) is 0 Å². The van der Waals surface area contributed by atoms with E-state index in [-0.39, 0.29) is 17.7 Å². The van der Waals surface area contributed by atoms with Crippen LogP contribution in [0.4, 0.5) is 10.5 Å². The third-order valence-corrected chi connectivity index (χ3v) is 7.29. The molecule has 2 aromatic rings. The van der Waals surface area contributed by atoms with E-state index in [1.54, 1.807) is 25.7 Å². The van der Waals surface area contributed by atoms with E-state index in [2.05, 4.69) is 17.6 Å². The van der Waals surface area contributed by atoms with Crippen molar-refractivity contribution in [2.75, 3.05) is 11.9 Å². The fourth-order valence-electron chi connectivity index (χ4n) is 5.07. The number of benzene rings is 2. The zero-order chi connectivity index (χ0) is 31.4. The summed E-state index contributed by atoms with van der Waals surface area (Å²) >= 11 is 0. The molecule has 2 unspecified atom stereocenters. The number of unbranched alkanes of at least 4 members (excludes halogenated alkanes) is 5. The number of amides is 3. The Labute approximate surface area is 253 Å². The summed E-state index contributed by atoms with van der Waals surface area (Å²) in [6.45, 7) is 17.6. The van der Waals surface area contributed by atoms with E-state index in [0.717, 1.165) is 60.0 Å². The molecule has 7 heteroatoms. The van der Waals surface area contributed by atoms with Crippen molar-refractivity contribution in [2.24, 2.45) is 5.92 Å². The number of aryl methyl sites for hydroxylation is 3. The molecule has 0 radical (unpaired) electrons. The Kier molecular flexibility index (Phi) is 13.5. The number of anilines is 1. The summed E-state index contributed by atoms with van der Waals surface area (Å²) in [6.07, 6.45) is 5.62. The van der Waals surface area contributed by atoms with Crippen LogP contribution in [0.25, 0.3) is 0 Å². The average Bonchev–Trinajstić information content (AvgIpc) is 2.89. The Morgan fingerprint density at radius 2 is 1.48 bits per heavy atom. The molecule has 0 saturated carbocycles. The van der Waals surface area contributed by atoms with Gasteiger partial charge in [0.15, 0.2) is 0 Å². The predicted octanol–water partition coefficient (Wildman–Crippen LogP) is 8.03. The van der Waals surface area contributed by atoms with E-state index in [1.807, 2.05) is 77.1 Å². The fourth-order valence-corrected chi connectivity index (χ4v) is 5.07. The lowest BCUT2D eigenvalue weighted by Gasteiger charge is -2.36. The normalized spacial score (nSPS) is 12.9. The number of nitrogens with one attached hydrogen (secondary N) is 2. The lowest BCUT2D eigenvalue weighted by Crippen LogP contribution is -2.54. The summed E-state index contributed by atoms with van der Waals surface area (Å²) < 4.78 is 5.50. The van der Waals surface area contributed by atoms with Gasteiger partial charge in [-0.05, 0) is 70.6 Å². The molecule has 0 saturated heterocycles. The number of hydrogen-bond acceptors (Lipinski definition) is 4. The van der Waals surface area contributed by atoms with Crippen LogP contribution in [0.1, 0.15) is 108 Å². The van der Waals surface area contributed by atoms with Gasteiger partial charge in [0.1, 0.15) is 17.7 Å². The molecule has 0 fully saturated rings. The van der Waals surface area contributed by atoms with Gasteiger partial charge in [0.2, 0.25) is 5.91 Å². The van der Waals surface area contributed by atoms with Crippen LogP contribution in [0.2, 0.25) is 0 Å². The minimum Gasteiger partial charge on any atom is -0.444 e. The van der Waals surface area contributed by atoms with E-state index in [0.29, 0.717) is 6.54 Å². The monoisotopic (exact) mass is 579 g/mol. The second kappa shape index (κ2) is 16.3. The van der Waals surface area contributed by atoms with Gasteiger partial charge in [0, 0.05) is 12.2 Å². The van der Waals surface area contributed by atoms with Crippen molar-refractivity contribution in [3.63, 3.8) is 0 Å². The van der Waals surface area contributed by atoms with Crippen LogP contribution >= 0.6 is 0 Å². The van der Waals surface area contributed by atoms with Crippen LogP contribution < -0.4 is 10.6 Å². The number of hydrogen-bond donors (Lipinski definition) is 2. The zero-order valence-corrected chi connectivity index (χ0v) is 27.3. The molecule has 0 spiro atoms. The van der Waals surface area contributed by atoms with Gasteiger partial charge < -0.3 is 20.3 Å². The van der Waals surface area contributed by atoms with E-state index >= 15 is 0 Å². The molecule has 0 bridgehead atoms. The lowest BCUT2D eigenvalue weighted by molar-refractivity contribution is -0.141. The minimum atomic E-state index is -0.881. The highest BCUT2D eigenvalue weighted by Crippen LogP contribution is 2.29. The largest absolute Gasteiger partial charge is 0.444 e. The molecular weight excluding hydrogens is 526 g/mol. The van der Waals surface area contributed by atoms with Crippen molar-refractivity contribution in [3.05, 3.63) is 64.7 Å². The summed E-state index contributed by atoms with van der Waals surface area (Å²) in [5.74, 6) is -0.804. The first-order chi connectivity index (χ1) is 19.7. The molecule has 2 aromatic carbocycles. The minimum absolute atomic E-state index is 0.225. The maximum absolute atomic E-state index is 14.4. The Balaban J connectivity index is 2.54. The van der Waals surface area contributed by atoms with Crippen molar-refractivity contribution in [2.45, 2.75) is 119 Å². The van der Waals surface area contributed by atoms with Crippen molar-refractivity contribution >= 4 is 23.6 Å². The average molecular weight is 580 g/mol. The quantitative estimate of drug-likeness (QED) is 0.222. The lowest BCUT2D eigenvalue weighted by atomic mass is 9.97. The number of ether oxygens (including phenoxy) is 1. The van der Waals surface area contributed by atoms with Crippen LogP contribution in [0.5, 0.6) is 0 Å². The van der Waals surface area contributed by atoms with E-state index in [4.69, 9.17) is 4.74 Å². The molecule has 0 aliphatic carbocycles. The molecule has 42 heavy (non-hydrogen) atoms. The van der Waals surface area contributed by atoms with Crippen molar-refractivity contribution in [3.8, 4) is 0 Å². The van der Waals surface area contributed by atoms with Gasteiger partial charge in [0.25, 0.3) is 5.91 Å². The summed E-state index contributed by atoms with van der Waals surface area (Å²) in [5, 5.41) is 5.96. The molecule has 2 N–H and O–H groups in total. The maximum atomic E-state index is 14.4. The molecule has 2 rings (SSSR count). The standard InChI is InChI=1S/C35H53N3O4/c1-10-11-12-13-14-15-22-38(33(40)29(24(2)3)37-34(41)42-35(7,8)9)31(28-21-16-18-25(4)23-28)32(39)36-30-26(5)19-17-20-27(30)6/h16-21,23-24,29,31H,10-15,22H2,1-9H3,(H,36,39)(H,37,41). The second-order valence-corrected chi connectivity index (χ2v) is 12.7. The fraction of sp³-hybridized carbons (Fsp3) is 0.571. The van der Waals surface area contributed by atoms with Crippen LogP contribution in [0.15, 0.2) is 42.5 Å². The molecule has 2 atom stereocenters. The molecule has 0 aromatic heterocycles. The highest BCUT2D eigenvalue weighted by molar-refractivity contribution is 6.00. The molecule has 0 aliphatic rings. The molecule has 0 aliphatic heterocycles. The highest BCUT2D eigenvalue weighted by atomic mass is 16.6. The second-order valence-electron chi connectivity index (χ2n) is 12.7. The molecular formula is C35H53N3O4. The topological polar surface area (TPSA) is 87.7 Å². The number of carbonyl (C=O) groups excluding carboxylic acids is 3. The third kappa shape index (κ3) is 10.8. The van der Waals surface area contributed by atoms with Crippen molar-refractivity contribution in [1.29, 1.82) is 0 Å². The van der Waals surface area contributed by atoms with E-state index in [1.165, 1.54) is 6.42 Å². The number of rotatable bonds is 14.